The highest BCUT2D eigenvalue weighted by Gasteiger charge is 2.26. The van der Waals surface area contributed by atoms with E-state index in [0.29, 0.717) is 0 Å². The first-order chi connectivity index (χ1) is 9.70. The Balaban J connectivity index is 3.05. The van der Waals surface area contributed by atoms with Crippen LogP contribution in [0.3, 0.4) is 0 Å². The van der Waals surface area contributed by atoms with Gasteiger partial charge in [0.15, 0.2) is 0 Å². The van der Waals surface area contributed by atoms with Gasteiger partial charge in [-0.15, -0.1) is 0 Å². The molecule has 0 amide bonds. The van der Waals surface area contributed by atoms with E-state index in [-0.39, 0.29) is 36.4 Å². The van der Waals surface area contributed by atoms with Crippen LogP contribution in [0.1, 0.15) is 19.4 Å². The summed E-state index contributed by atoms with van der Waals surface area (Å²) in [5, 5.41) is 0.127. The molecule has 0 unspecified atom stereocenters. The van der Waals surface area contributed by atoms with Crippen molar-refractivity contribution in [2.45, 2.75) is 31.4 Å². The van der Waals surface area contributed by atoms with Gasteiger partial charge in [-0.1, -0.05) is 11.6 Å². The number of halogens is 2. The molecule has 0 bridgehead atoms. The van der Waals surface area contributed by atoms with E-state index in [1.54, 1.807) is 0 Å². The maximum atomic E-state index is 14.2. The first-order valence-corrected chi connectivity index (χ1v) is 8.28. The first-order valence-electron chi connectivity index (χ1n) is 6.46. The van der Waals surface area contributed by atoms with Gasteiger partial charge < -0.3 is 10.5 Å². The first kappa shape index (κ1) is 18.3. The number of nitrogens with zero attached hydrogens (tertiary/aromatic N) is 1. The lowest BCUT2D eigenvalue weighted by atomic mass is 10.2. The van der Waals surface area contributed by atoms with Crippen molar-refractivity contribution < 1.29 is 17.5 Å². The average Bonchev–Trinajstić information content (AvgIpc) is 2.40. The fourth-order valence-corrected chi connectivity index (χ4v) is 3.25. The topological polar surface area (TPSA) is 72.6 Å². The summed E-state index contributed by atoms with van der Waals surface area (Å²) in [5.41, 5.74) is 5.46. The summed E-state index contributed by atoms with van der Waals surface area (Å²) in [4.78, 5) is -0.470. The zero-order chi connectivity index (χ0) is 16.2. The maximum Gasteiger partial charge on any atom is 0.245 e. The highest BCUT2D eigenvalue weighted by molar-refractivity contribution is 7.89. The van der Waals surface area contributed by atoms with Gasteiger partial charge in [0, 0.05) is 30.7 Å². The van der Waals surface area contributed by atoms with E-state index >= 15 is 0 Å². The van der Waals surface area contributed by atoms with Gasteiger partial charge in [0.05, 0.1) is 12.7 Å². The summed E-state index contributed by atoms with van der Waals surface area (Å²) >= 11 is 5.83. The van der Waals surface area contributed by atoms with Gasteiger partial charge in [0.1, 0.15) is 10.7 Å². The molecule has 1 aromatic carbocycles. The predicted molar refractivity (Wildman–Crippen MR) is 80.2 cm³/mol. The zero-order valence-electron chi connectivity index (χ0n) is 12.3. The Morgan fingerprint density at radius 3 is 2.57 bits per heavy atom. The highest BCUT2D eigenvalue weighted by Crippen LogP contribution is 2.25. The summed E-state index contributed by atoms with van der Waals surface area (Å²) < 4.78 is 45.3. The lowest BCUT2D eigenvalue weighted by Crippen LogP contribution is -2.31. The molecule has 0 aliphatic heterocycles. The minimum Gasteiger partial charge on any atom is -0.377 e. The second kappa shape index (κ2) is 7.51. The van der Waals surface area contributed by atoms with Crippen molar-refractivity contribution in [3.63, 3.8) is 0 Å². The van der Waals surface area contributed by atoms with Crippen molar-refractivity contribution in [2.75, 3.05) is 20.2 Å². The van der Waals surface area contributed by atoms with Gasteiger partial charge in [0.25, 0.3) is 0 Å². The number of hydrogen-bond donors (Lipinski definition) is 1. The number of sulfonamides is 1. The molecule has 0 aliphatic rings. The second-order valence-corrected chi connectivity index (χ2v) is 7.28. The van der Waals surface area contributed by atoms with Crippen molar-refractivity contribution in [1.82, 2.24) is 4.31 Å². The van der Waals surface area contributed by atoms with Crippen LogP contribution in [0.15, 0.2) is 17.0 Å². The molecule has 0 radical (unpaired) electrons. The Kier molecular flexibility index (Phi) is 6.55. The third-order valence-electron chi connectivity index (χ3n) is 2.84. The summed E-state index contributed by atoms with van der Waals surface area (Å²) in [6.45, 7) is 3.90. The SMILES string of the molecule is CC(C)OCCN(C)S(=O)(=O)c1cc(Cl)cc(CN)c1F. The minimum absolute atomic E-state index is 0.00662. The Morgan fingerprint density at radius 1 is 1.43 bits per heavy atom. The number of likely N-dealkylation sites (N-methyl/N-ethyl adjacent to an activating group) is 1. The third kappa shape index (κ3) is 4.62. The molecule has 5 nitrogen and oxygen atoms in total. The molecular formula is C13H20ClFN2O3S. The van der Waals surface area contributed by atoms with Crippen molar-refractivity contribution in [1.29, 1.82) is 0 Å². The van der Waals surface area contributed by atoms with Crippen LogP contribution in [0, 0.1) is 5.82 Å². The van der Waals surface area contributed by atoms with Crippen LogP contribution >= 0.6 is 11.6 Å². The van der Waals surface area contributed by atoms with Gasteiger partial charge in [-0.25, -0.2) is 12.8 Å². The Morgan fingerprint density at radius 2 is 2.05 bits per heavy atom. The van der Waals surface area contributed by atoms with E-state index in [4.69, 9.17) is 22.1 Å². The lowest BCUT2D eigenvalue weighted by Gasteiger charge is -2.19. The van der Waals surface area contributed by atoms with Crippen molar-refractivity contribution in [3.05, 3.63) is 28.5 Å². The monoisotopic (exact) mass is 338 g/mol. The quantitative estimate of drug-likeness (QED) is 0.825. The normalized spacial score (nSPS) is 12.4. The molecule has 0 saturated heterocycles. The molecular weight excluding hydrogens is 319 g/mol. The standard InChI is InChI=1S/C13H20ClFN2O3S/c1-9(2)20-5-4-17(3)21(18,19)12-7-11(14)6-10(8-16)13(12)15/h6-7,9H,4-5,8,16H2,1-3H3. The lowest BCUT2D eigenvalue weighted by molar-refractivity contribution is 0.0737. The van der Waals surface area contributed by atoms with Gasteiger partial charge >= 0.3 is 0 Å². The molecule has 21 heavy (non-hydrogen) atoms. The van der Waals surface area contributed by atoms with Gasteiger partial charge in [0.2, 0.25) is 10.0 Å². The molecule has 2 N–H and O–H groups in total. The van der Waals surface area contributed by atoms with E-state index in [1.807, 2.05) is 13.8 Å². The Bertz CT molecular complexity index is 593. The molecule has 1 aromatic rings. The molecule has 0 heterocycles. The molecule has 0 aliphatic carbocycles. The van der Waals surface area contributed by atoms with E-state index in [0.717, 1.165) is 10.4 Å². The Labute approximate surface area is 129 Å². The van der Waals surface area contributed by atoms with Crippen LogP contribution in [-0.4, -0.2) is 39.0 Å². The summed E-state index contributed by atoms with van der Waals surface area (Å²) in [6, 6.07) is 2.41. The van der Waals surface area contributed by atoms with Crippen LogP contribution < -0.4 is 5.73 Å². The summed E-state index contributed by atoms with van der Waals surface area (Å²) in [5.74, 6) is -0.862. The number of benzene rings is 1. The van der Waals surface area contributed by atoms with E-state index in [2.05, 4.69) is 0 Å². The molecule has 1 rings (SSSR count). The van der Waals surface area contributed by atoms with Crippen LogP contribution in [0.25, 0.3) is 0 Å². The van der Waals surface area contributed by atoms with Crippen molar-refractivity contribution in [3.8, 4) is 0 Å². The number of nitrogens with two attached hydrogens (primary N) is 1. The van der Waals surface area contributed by atoms with E-state index < -0.39 is 20.7 Å². The molecule has 0 atom stereocenters. The molecule has 8 heteroatoms. The molecule has 120 valence electrons. The van der Waals surface area contributed by atoms with Gasteiger partial charge in [-0.2, -0.15) is 4.31 Å². The van der Waals surface area contributed by atoms with Gasteiger partial charge in [-0.05, 0) is 26.0 Å². The van der Waals surface area contributed by atoms with E-state index in [1.165, 1.54) is 13.1 Å². The fourth-order valence-electron chi connectivity index (χ4n) is 1.66. The molecule has 0 fully saturated rings. The number of hydrogen-bond acceptors (Lipinski definition) is 4. The molecule has 0 aromatic heterocycles. The molecule has 0 saturated carbocycles. The van der Waals surface area contributed by atoms with Crippen molar-refractivity contribution >= 4 is 21.6 Å². The van der Waals surface area contributed by atoms with Crippen molar-refractivity contribution in [2.24, 2.45) is 5.73 Å². The maximum absolute atomic E-state index is 14.2. The van der Waals surface area contributed by atoms with Crippen LogP contribution in [0.2, 0.25) is 5.02 Å². The summed E-state index contributed by atoms with van der Waals surface area (Å²) in [6.07, 6.45) is -0.00662. The minimum atomic E-state index is -3.98. The largest absolute Gasteiger partial charge is 0.377 e. The van der Waals surface area contributed by atoms with Crippen LogP contribution in [-0.2, 0) is 21.3 Å². The third-order valence-corrected chi connectivity index (χ3v) is 4.92. The second-order valence-electron chi connectivity index (χ2n) is 4.83. The summed E-state index contributed by atoms with van der Waals surface area (Å²) in [7, 11) is -2.62. The predicted octanol–water partition coefficient (Wildman–Crippen LogP) is 1.98. The van der Waals surface area contributed by atoms with Crippen LogP contribution in [0.4, 0.5) is 4.39 Å². The fraction of sp³-hybridized carbons (Fsp3) is 0.538. The average molecular weight is 339 g/mol. The zero-order valence-corrected chi connectivity index (χ0v) is 13.8. The number of ether oxygens (including phenoxy) is 1. The Hall–Kier alpha value is -0.730. The van der Waals surface area contributed by atoms with E-state index in [9.17, 15) is 12.8 Å². The van der Waals surface area contributed by atoms with Gasteiger partial charge in [-0.3, -0.25) is 0 Å². The molecule has 0 spiro atoms. The van der Waals surface area contributed by atoms with Crippen LogP contribution in [0.5, 0.6) is 0 Å². The number of rotatable bonds is 7. The smallest absolute Gasteiger partial charge is 0.245 e. The highest BCUT2D eigenvalue weighted by atomic mass is 35.5.